The van der Waals surface area contributed by atoms with Gasteiger partial charge in [-0.2, -0.15) is 0 Å². The molecule has 0 aromatic rings. The van der Waals surface area contributed by atoms with Gasteiger partial charge < -0.3 is 9.47 Å². The quantitative estimate of drug-likeness (QED) is 0.415. The van der Waals surface area contributed by atoms with Crippen LogP contribution in [0.4, 0.5) is 0 Å². The van der Waals surface area contributed by atoms with Gasteiger partial charge in [0, 0.05) is 13.0 Å². The van der Waals surface area contributed by atoms with Gasteiger partial charge in [-0.15, -0.1) is 0 Å². The van der Waals surface area contributed by atoms with Crippen LogP contribution < -0.4 is 0 Å². The molecule has 0 saturated carbocycles. The van der Waals surface area contributed by atoms with Gasteiger partial charge in [0.15, 0.2) is 0 Å². The van der Waals surface area contributed by atoms with E-state index in [9.17, 15) is 4.79 Å². The Balaban J connectivity index is 3.38. The molecule has 0 fully saturated rings. The van der Waals surface area contributed by atoms with Crippen LogP contribution in [-0.2, 0) is 14.3 Å². The minimum absolute atomic E-state index is 0.399. The van der Waals surface area contributed by atoms with E-state index >= 15 is 0 Å². The van der Waals surface area contributed by atoms with E-state index in [0.717, 1.165) is 0 Å². The molecule has 0 aliphatic carbocycles. The van der Waals surface area contributed by atoms with E-state index in [-0.39, 0.29) is 0 Å². The molecule has 59 valence electrons. The summed E-state index contributed by atoms with van der Waals surface area (Å²) in [6.45, 7) is 6.42. The monoisotopic (exact) mass is 145 g/mol. The Bertz CT molecular complexity index is 76.9. The maximum absolute atomic E-state index is 9.84. The van der Waals surface area contributed by atoms with Gasteiger partial charge in [-0.1, -0.05) is 6.92 Å². The molecular formula is C7H13O3. The fourth-order valence-corrected chi connectivity index (χ4v) is 0.605. The van der Waals surface area contributed by atoms with Crippen LogP contribution in [0.1, 0.15) is 19.8 Å². The molecule has 1 unspecified atom stereocenters. The molecule has 0 saturated heterocycles. The molecule has 1 atom stereocenters. The lowest BCUT2D eigenvalue weighted by atomic mass is 10.3. The van der Waals surface area contributed by atoms with Crippen molar-refractivity contribution in [1.82, 2.24) is 0 Å². The first kappa shape index (κ1) is 9.43. The zero-order chi connectivity index (χ0) is 7.82. The Morgan fingerprint density at radius 3 is 2.80 bits per heavy atom. The smallest absolute Gasteiger partial charge is 0.295 e. The molecule has 0 aromatic carbocycles. The molecule has 0 aliphatic heterocycles. The van der Waals surface area contributed by atoms with Crippen molar-refractivity contribution in [1.29, 1.82) is 0 Å². The molecule has 0 amide bonds. The number of hydrogen-bond acceptors (Lipinski definition) is 3. The lowest BCUT2D eigenvalue weighted by molar-refractivity contribution is -0.163. The van der Waals surface area contributed by atoms with Crippen LogP contribution >= 0.6 is 0 Å². The first-order valence-corrected chi connectivity index (χ1v) is 3.35. The summed E-state index contributed by atoms with van der Waals surface area (Å²) in [6.07, 6.45) is 0.963. The second-order valence-corrected chi connectivity index (χ2v) is 1.76. The molecule has 0 N–H and O–H groups in total. The molecule has 3 nitrogen and oxygen atoms in total. The molecule has 0 aromatic heterocycles. The van der Waals surface area contributed by atoms with Gasteiger partial charge in [-0.25, -0.2) is 0 Å². The zero-order valence-corrected chi connectivity index (χ0v) is 6.21. The highest BCUT2D eigenvalue weighted by Crippen LogP contribution is 2.01. The van der Waals surface area contributed by atoms with Crippen molar-refractivity contribution in [2.45, 2.75) is 26.1 Å². The van der Waals surface area contributed by atoms with E-state index in [2.05, 4.69) is 11.7 Å². The molecule has 0 rings (SSSR count). The summed E-state index contributed by atoms with van der Waals surface area (Å²) in [6, 6.07) is 0. The van der Waals surface area contributed by atoms with Crippen LogP contribution in [0, 0.1) is 6.92 Å². The van der Waals surface area contributed by atoms with Gasteiger partial charge >= 0.3 is 0 Å². The number of hydrogen-bond donors (Lipinski definition) is 0. The predicted octanol–water partition coefficient (Wildman–Crippen LogP) is 1.14. The van der Waals surface area contributed by atoms with Crippen molar-refractivity contribution >= 4 is 6.47 Å². The molecule has 0 bridgehead atoms. The summed E-state index contributed by atoms with van der Waals surface area (Å²) in [5.74, 6) is 0. The van der Waals surface area contributed by atoms with Crippen molar-refractivity contribution in [3.63, 3.8) is 0 Å². The van der Waals surface area contributed by atoms with Crippen LogP contribution in [0.3, 0.4) is 0 Å². The van der Waals surface area contributed by atoms with E-state index < -0.39 is 6.29 Å². The first-order valence-electron chi connectivity index (χ1n) is 3.35. The van der Waals surface area contributed by atoms with Crippen molar-refractivity contribution in [2.24, 2.45) is 0 Å². The Hall–Kier alpha value is -0.570. The summed E-state index contributed by atoms with van der Waals surface area (Å²) >= 11 is 0. The third kappa shape index (κ3) is 4.32. The van der Waals surface area contributed by atoms with Gasteiger partial charge in [-0.3, -0.25) is 4.79 Å². The Labute approximate surface area is 61.3 Å². The summed E-state index contributed by atoms with van der Waals surface area (Å²) in [5.41, 5.74) is 0. The topological polar surface area (TPSA) is 35.5 Å². The summed E-state index contributed by atoms with van der Waals surface area (Å²) in [7, 11) is 0. The number of carbonyl (C=O) groups is 1. The minimum Gasteiger partial charge on any atom is -0.438 e. The molecule has 0 spiro atoms. The number of carbonyl (C=O) groups excluding carboxylic acids is 1. The van der Waals surface area contributed by atoms with Gasteiger partial charge in [0.2, 0.25) is 6.29 Å². The number of ether oxygens (including phenoxy) is 2. The second-order valence-electron chi connectivity index (χ2n) is 1.76. The van der Waals surface area contributed by atoms with Crippen molar-refractivity contribution in [2.75, 3.05) is 6.61 Å². The third-order valence-corrected chi connectivity index (χ3v) is 1.000. The van der Waals surface area contributed by atoms with E-state index in [1.165, 1.54) is 0 Å². The molecule has 0 aliphatic rings. The van der Waals surface area contributed by atoms with E-state index in [0.29, 0.717) is 25.9 Å². The van der Waals surface area contributed by atoms with Crippen molar-refractivity contribution in [3.8, 4) is 0 Å². The zero-order valence-electron chi connectivity index (χ0n) is 6.21. The van der Waals surface area contributed by atoms with E-state index in [1.807, 2.05) is 6.92 Å². The lowest BCUT2D eigenvalue weighted by Gasteiger charge is -2.12. The molecule has 10 heavy (non-hydrogen) atoms. The van der Waals surface area contributed by atoms with Gasteiger partial charge in [0.25, 0.3) is 6.47 Å². The minimum atomic E-state index is -0.403. The fourth-order valence-electron chi connectivity index (χ4n) is 0.605. The highest BCUT2D eigenvalue weighted by molar-refractivity contribution is 5.37. The second kappa shape index (κ2) is 6.55. The van der Waals surface area contributed by atoms with Crippen molar-refractivity contribution < 1.29 is 14.3 Å². The largest absolute Gasteiger partial charge is 0.438 e. The van der Waals surface area contributed by atoms with Crippen LogP contribution in [-0.4, -0.2) is 19.4 Å². The average Bonchev–Trinajstić information content (AvgIpc) is 1.90. The summed E-state index contributed by atoms with van der Waals surface area (Å²) < 4.78 is 9.61. The Morgan fingerprint density at radius 1 is 1.70 bits per heavy atom. The highest BCUT2D eigenvalue weighted by Gasteiger charge is 2.05. The van der Waals surface area contributed by atoms with Crippen LogP contribution in [0.5, 0.6) is 0 Å². The first-order chi connectivity index (χ1) is 4.85. The summed E-state index contributed by atoms with van der Waals surface area (Å²) in [5, 5.41) is 0. The average molecular weight is 145 g/mol. The van der Waals surface area contributed by atoms with Gasteiger partial charge in [0.1, 0.15) is 0 Å². The van der Waals surface area contributed by atoms with Crippen LogP contribution in [0.25, 0.3) is 0 Å². The Morgan fingerprint density at radius 2 is 2.40 bits per heavy atom. The van der Waals surface area contributed by atoms with E-state index in [1.54, 1.807) is 0 Å². The number of rotatable bonds is 6. The molecule has 3 heteroatoms. The molecule has 0 heterocycles. The standard InChI is InChI=1S/C7H13O3/c1-3-5-7(9-4-2)10-6-8/h6-7H,1,3-5H2,2H3. The predicted molar refractivity (Wildman–Crippen MR) is 37.2 cm³/mol. The Kier molecular flexibility index (Phi) is 6.18. The normalized spacial score (nSPS) is 12.6. The molecular weight excluding hydrogens is 132 g/mol. The SMILES string of the molecule is [CH2]CCC(OC=O)OCC. The van der Waals surface area contributed by atoms with Gasteiger partial charge in [0.05, 0.1) is 0 Å². The summed E-state index contributed by atoms with van der Waals surface area (Å²) in [4.78, 5) is 9.84. The fraction of sp³-hybridized carbons (Fsp3) is 0.714. The van der Waals surface area contributed by atoms with E-state index in [4.69, 9.17) is 4.74 Å². The lowest BCUT2D eigenvalue weighted by Crippen LogP contribution is -2.15. The van der Waals surface area contributed by atoms with Crippen LogP contribution in [0.15, 0.2) is 0 Å². The highest BCUT2D eigenvalue weighted by atomic mass is 16.7. The van der Waals surface area contributed by atoms with Crippen molar-refractivity contribution in [3.05, 3.63) is 6.92 Å². The third-order valence-electron chi connectivity index (χ3n) is 1.000. The maximum Gasteiger partial charge on any atom is 0.295 e. The van der Waals surface area contributed by atoms with Crippen LogP contribution in [0.2, 0.25) is 0 Å². The van der Waals surface area contributed by atoms with Gasteiger partial charge in [-0.05, 0) is 13.3 Å². The maximum atomic E-state index is 9.84. The molecule has 1 radical (unpaired) electrons.